The van der Waals surface area contributed by atoms with Crippen molar-refractivity contribution in [2.24, 2.45) is 5.73 Å². The lowest BCUT2D eigenvalue weighted by atomic mass is 9.91. The van der Waals surface area contributed by atoms with Gasteiger partial charge in [-0.1, -0.05) is 17.3 Å². The molecule has 0 amide bonds. The maximum Gasteiger partial charge on any atom is 0.320 e. The summed E-state index contributed by atoms with van der Waals surface area (Å²) in [5.41, 5.74) is 7.86. The first kappa shape index (κ1) is 26.9. The van der Waals surface area contributed by atoms with Crippen LogP contribution in [0.2, 0.25) is 0 Å². The Morgan fingerprint density at radius 3 is 2.58 bits per heavy atom. The first-order chi connectivity index (χ1) is 15.0. The summed E-state index contributed by atoms with van der Waals surface area (Å²) in [6.07, 6.45) is 2.23. The van der Waals surface area contributed by atoms with Crippen molar-refractivity contribution in [3.63, 3.8) is 0 Å². The Balaban J connectivity index is 0.00000193. The van der Waals surface area contributed by atoms with E-state index in [1.165, 1.54) is 12.1 Å². The summed E-state index contributed by atoms with van der Waals surface area (Å²) in [6.45, 7) is 3.28. The van der Waals surface area contributed by atoms with E-state index < -0.39 is 12.0 Å². The molecule has 3 aromatic rings. The van der Waals surface area contributed by atoms with Crippen LogP contribution in [-0.4, -0.2) is 53.4 Å². The quantitative estimate of drug-likeness (QED) is 0.482. The van der Waals surface area contributed by atoms with Crippen LogP contribution >= 0.6 is 24.8 Å². The lowest BCUT2D eigenvalue weighted by Crippen LogP contribution is -2.36. The van der Waals surface area contributed by atoms with Crippen LogP contribution in [0.5, 0.6) is 5.75 Å². The highest BCUT2D eigenvalue weighted by Crippen LogP contribution is 2.32. The van der Waals surface area contributed by atoms with Crippen LogP contribution in [-0.2, 0) is 11.2 Å². The number of carbonyl (C=O) groups is 1. The molecule has 0 aliphatic carbocycles. The van der Waals surface area contributed by atoms with Crippen molar-refractivity contribution in [1.82, 2.24) is 10.1 Å². The number of nitrogens with zero attached hydrogens (tertiary/aromatic N) is 2. The molecule has 7 nitrogen and oxygen atoms in total. The molecule has 1 atom stereocenters. The van der Waals surface area contributed by atoms with Crippen LogP contribution in [0.25, 0.3) is 11.0 Å². The van der Waals surface area contributed by atoms with Crippen LogP contribution in [0.4, 0.5) is 4.39 Å². The van der Waals surface area contributed by atoms with E-state index in [9.17, 15) is 9.18 Å². The molecule has 2 aromatic carbocycles. The minimum Gasteiger partial charge on any atom is -0.492 e. The second-order valence-electron chi connectivity index (χ2n) is 7.97. The number of hydrogen-bond acceptors (Lipinski definition) is 6. The van der Waals surface area contributed by atoms with Crippen LogP contribution in [0.1, 0.15) is 30.0 Å². The fourth-order valence-corrected chi connectivity index (χ4v) is 4.01. The number of rotatable bonds is 8. The van der Waals surface area contributed by atoms with E-state index in [2.05, 4.69) is 10.1 Å². The average molecular weight is 500 g/mol. The van der Waals surface area contributed by atoms with E-state index in [0.717, 1.165) is 54.9 Å². The van der Waals surface area contributed by atoms with Crippen molar-refractivity contribution in [2.45, 2.75) is 31.2 Å². The molecule has 0 bridgehead atoms. The molecule has 33 heavy (non-hydrogen) atoms. The molecule has 1 aromatic heterocycles. The topological polar surface area (TPSA) is 102 Å². The van der Waals surface area contributed by atoms with Crippen LogP contribution in [0.15, 0.2) is 47.0 Å². The van der Waals surface area contributed by atoms with Crippen molar-refractivity contribution in [3.05, 3.63) is 59.5 Å². The van der Waals surface area contributed by atoms with E-state index in [-0.39, 0.29) is 30.6 Å². The number of hydrogen-bond donors (Lipinski definition) is 2. The number of nitrogens with two attached hydrogens (primary N) is 1. The highest BCUT2D eigenvalue weighted by Gasteiger charge is 2.25. The number of fused-ring (bicyclic) bond motifs is 1. The number of halogens is 3. The first-order valence-electron chi connectivity index (χ1n) is 10.5. The van der Waals surface area contributed by atoms with Crippen LogP contribution in [0.3, 0.4) is 0 Å². The molecular formula is C23H28Cl2FN3O4. The molecule has 2 heterocycles. The van der Waals surface area contributed by atoms with E-state index >= 15 is 0 Å². The molecule has 0 saturated carbocycles. The number of likely N-dealkylation sites (tertiary alicyclic amines) is 1. The van der Waals surface area contributed by atoms with Crippen molar-refractivity contribution in [2.75, 3.05) is 26.2 Å². The smallest absolute Gasteiger partial charge is 0.320 e. The Kier molecular flexibility index (Phi) is 9.91. The molecule has 0 radical (unpaired) electrons. The highest BCUT2D eigenvalue weighted by molar-refractivity contribution is 5.85. The predicted octanol–water partition coefficient (Wildman–Crippen LogP) is 4.02. The van der Waals surface area contributed by atoms with Crippen molar-refractivity contribution >= 4 is 41.8 Å². The van der Waals surface area contributed by atoms with Gasteiger partial charge in [-0.3, -0.25) is 9.69 Å². The summed E-state index contributed by atoms with van der Waals surface area (Å²) in [5.74, 6) is -0.254. The number of carboxylic acids is 1. The summed E-state index contributed by atoms with van der Waals surface area (Å²) < 4.78 is 24.5. The standard InChI is InChI=1S/C23H26FN3O4.2ClH/c24-17-3-6-19-21(14-17)31-26-22(19)16-7-9-27(10-8-16)11-12-30-18-4-1-15(2-5-18)13-20(25)23(28)29;;/h1-6,14,16,20H,7-13,25H2,(H,28,29);2*1H/t20-;;/m0../s1. The number of aliphatic carboxylic acids is 1. The molecular weight excluding hydrogens is 472 g/mol. The van der Waals surface area contributed by atoms with Gasteiger partial charge in [0.2, 0.25) is 0 Å². The van der Waals surface area contributed by atoms with Gasteiger partial charge >= 0.3 is 5.97 Å². The monoisotopic (exact) mass is 499 g/mol. The predicted molar refractivity (Wildman–Crippen MR) is 128 cm³/mol. The largest absolute Gasteiger partial charge is 0.492 e. The van der Waals surface area contributed by atoms with Gasteiger partial charge in [-0.05, 0) is 62.2 Å². The van der Waals surface area contributed by atoms with E-state index in [4.69, 9.17) is 20.1 Å². The fourth-order valence-electron chi connectivity index (χ4n) is 4.01. The zero-order valence-electron chi connectivity index (χ0n) is 18.0. The van der Waals surface area contributed by atoms with Crippen molar-refractivity contribution in [1.29, 1.82) is 0 Å². The highest BCUT2D eigenvalue weighted by atomic mass is 35.5. The van der Waals surface area contributed by atoms with E-state index in [0.29, 0.717) is 24.5 Å². The SMILES string of the molecule is Cl.Cl.N[C@@H](Cc1ccc(OCCN2CCC(c3noc4cc(F)ccc34)CC2)cc1)C(=O)O. The van der Waals surface area contributed by atoms with Gasteiger partial charge in [-0.25, -0.2) is 4.39 Å². The van der Waals surface area contributed by atoms with Crippen LogP contribution in [0, 0.1) is 5.82 Å². The third-order valence-corrected chi connectivity index (χ3v) is 5.81. The van der Waals surface area contributed by atoms with E-state index in [1.807, 2.05) is 24.3 Å². The summed E-state index contributed by atoms with van der Waals surface area (Å²) in [5, 5.41) is 14.0. The maximum absolute atomic E-state index is 13.3. The maximum atomic E-state index is 13.3. The van der Waals surface area contributed by atoms with Crippen LogP contribution < -0.4 is 10.5 Å². The number of carboxylic acid groups (broad SMARTS) is 1. The van der Waals surface area contributed by atoms with Gasteiger partial charge in [0.25, 0.3) is 0 Å². The van der Waals surface area contributed by atoms with Crippen molar-refractivity contribution < 1.29 is 23.6 Å². The number of benzene rings is 2. The molecule has 0 spiro atoms. The summed E-state index contributed by atoms with van der Waals surface area (Å²) >= 11 is 0. The summed E-state index contributed by atoms with van der Waals surface area (Å²) in [4.78, 5) is 13.2. The minimum atomic E-state index is -1.00. The van der Waals surface area contributed by atoms with Gasteiger partial charge in [0.05, 0.1) is 5.69 Å². The molecule has 180 valence electrons. The Morgan fingerprint density at radius 2 is 1.91 bits per heavy atom. The normalized spacial score (nSPS) is 15.5. The Hall–Kier alpha value is -2.39. The lowest BCUT2D eigenvalue weighted by Gasteiger charge is -2.31. The Morgan fingerprint density at radius 1 is 1.21 bits per heavy atom. The molecule has 10 heteroatoms. The number of ether oxygens (including phenoxy) is 1. The van der Waals surface area contributed by atoms with E-state index in [1.54, 1.807) is 6.07 Å². The fraction of sp³-hybridized carbons (Fsp3) is 0.391. The average Bonchev–Trinajstić information content (AvgIpc) is 3.18. The second kappa shape index (κ2) is 12.2. The van der Waals surface area contributed by atoms with Gasteiger partial charge in [-0.2, -0.15) is 0 Å². The first-order valence-corrected chi connectivity index (χ1v) is 10.5. The van der Waals surface area contributed by atoms with Gasteiger partial charge in [0, 0.05) is 23.9 Å². The zero-order valence-corrected chi connectivity index (χ0v) is 19.6. The minimum absolute atomic E-state index is 0. The molecule has 4 rings (SSSR count). The van der Waals surface area contributed by atoms with Gasteiger partial charge in [0.1, 0.15) is 24.2 Å². The lowest BCUT2D eigenvalue weighted by molar-refractivity contribution is -0.138. The molecule has 1 aliphatic heterocycles. The molecule has 1 saturated heterocycles. The Labute approximate surface area is 203 Å². The Bertz CT molecular complexity index is 1040. The molecule has 3 N–H and O–H groups in total. The summed E-state index contributed by atoms with van der Waals surface area (Å²) in [6, 6.07) is 11.1. The van der Waals surface area contributed by atoms with Gasteiger partial charge in [-0.15, -0.1) is 24.8 Å². The third-order valence-electron chi connectivity index (χ3n) is 5.81. The van der Waals surface area contributed by atoms with Gasteiger partial charge < -0.3 is 20.1 Å². The third kappa shape index (κ3) is 6.80. The van der Waals surface area contributed by atoms with Crippen molar-refractivity contribution in [3.8, 4) is 5.75 Å². The molecule has 1 aliphatic rings. The number of piperidine rings is 1. The molecule has 1 fully saturated rings. The zero-order chi connectivity index (χ0) is 21.8. The number of aromatic nitrogens is 1. The van der Waals surface area contributed by atoms with Gasteiger partial charge in [0.15, 0.2) is 5.58 Å². The second-order valence-corrected chi connectivity index (χ2v) is 7.97. The molecule has 0 unspecified atom stereocenters. The summed E-state index contributed by atoms with van der Waals surface area (Å²) in [7, 11) is 0.